The highest BCUT2D eigenvalue weighted by atomic mass is 32.2. The van der Waals surface area contributed by atoms with Gasteiger partial charge in [-0.25, -0.2) is 23.4 Å². The SMILES string of the molecule is CCS(=O)(=O)c1ccc(Oc2cc(O)c3nc(-c4cnccn4)[nH]c3c2)cn1. The second-order valence-electron chi connectivity index (χ2n) is 5.85. The summed E-state index contributed by atoms with van der Waals surface area (Å²) in [6.45, 7) is 1.55. The normalized spacial score (nSPS) is 11.6. The van der Waals surface area contributed by atoms with Crippen LogP contribution in [0, 0.1) is 0 Å². The molecular formula is C18H15N5O4S. The molecule has 3 aromatic heterocycles. The highest BCUT2D eigenvalue weighted by molar-refractivity contribution is 7.91. The van der Waals surface area contributed by atoms with Gasteiger partial charge in [-0.3, -0.25) is 4.98 Å². The summed E-state index contributed by atoms with van der Waals surface area (Å²) in [7, 11) is -3.38. The van der Waals surface area contributed by atoms with Gasteiger partial charge in [0.25, 0.3) is 0 Å². The van der Waals surface area contributed by atoms with Gasteiger partial charge in [-0.15, -0.1) is 0 Å². The standard InChI is InChI=1S/C18H15N5O4S/c1-2-28(25,26)16-4-3-11(9-21-16)27-12-7-13-17(15(24)8-12)23-18(22-13)14-10-19-5-6-20-14/h3-10,24H,2H2,1H3,(H,22,23). The van der Waals surface area contributed by atoms with E-state index in [1.54, 1.807) is 31.6 Å². The number of phenols is 1. The van der Waals surface area contributed by atoms with E-state index in [2.05, 4.69) is 24.9 Å². The molecule has 2 N–H and O–H groups in total. The molecule has 0 aliphatic rings. The lowest BCUT2D eigenvalue weighted by Crippen LogP contribution is -2.05. The number of aromatic amines is 1. The second-order valence-corrected chi connectivity index (χ2v) is 8.08. The van der Waals surface area contributed by atoms with E-state index in [9.17, 15) is 13.5 Å². The number of hydrogen-bond donors (Lipinski definition) is 2. The van der Waals surface area contributed by atoms with Crippen molar-refractivity contribution in [1.29, 1.82) is 0 Å². The van der Waals surface area contributed by atoms with E-state index in [0.717, 1.165) is 0 Å². The van der Waals surface area contributed by atoms with Gasteiger partial charge in [0.05, 0.1) is 23.7 Å². The van der Waals surface area contributed by atoms with E-state index in [1.165, 1.54) is 24.4 Å². The number of H-pyrrole nitrogens is 1. The van der Waals surface area contributed by atoms with Crippen LogP contribution in [0.1, 0.15) is 6.92 Å². The maximum absolute atomic E-state index is 11.8. The molecule has 0 saturated carbocycles. The first-order chi connectivity index (χ1) is 13.5. The summed E-state index contributed by atoms with van der Waals surface area (Å²) < 4.78 is 29.3. The number of aromatic hydroxyl groups is 1. The molecule has 1 aromatic carbocycles. The summed E-state index contributed by atoms with van der Waals surface area (Å²) in [6.07, 6.45) is 5.98. The highest BCUT2D eigenvalue weighted by Gasteiger charge is 2.15. The summed E-state index contributed by atoms with van der Waals surface area (Å²) >= 11 is 0. The molecule has 0 radical (unpaired) electrons. The first kappa shape index (κ1) is 17.9. The molecule has 9 nitrogen and oxygen atoms in total. The Balaban J connectivity index is 1.64. The first-order valence-corrected chi connectivity index (χ1v) is 9.97. The number of benzene rings is 1. The van der Waals surface area contributed by atoms with Crippen molar-refractivity contribution >= 4 is 20.9 Å². The van der Waals surface area contributed by atoms with Crippen LogP contribution in [0.5, 0.6) is 17.2 Å². The van der Waals surface area contributed by atoms with Gasteiger partial charge in [-0.2, -0.15) is 0 Å². The third-order valence-electron chi connectivity index (χ3n) is 3.99. The van der Waals surface area contributed by atoms with Crippen molar-refractivity contribution in [3.05, 3.63) is 49.1 Å². The molecule has 0 atom stereocenters. The molecule has 4 aromatic rings. The van der Waals surface area contributed by atoms with Crippen molar-refractivity contribution < 1.29 is 18.3 Å². The van der Waals surface area contributed by atoms with Gasteiger partial charge >= 0.3 is 0 Å². The zero-order chi connectivity index (χ0) is 19.7. The van der Waals surface area contributed by atoms with Crippen molar-refractivity contribution in [2.75, 3.05) is 5.75 Å². The molecule has 10 heteroatoms. The Hall–Kier alpha value is -3.53. The number of nitrogens with one attached hydrogen (secondary N) is 1. The quantitative estimate of drug-likeness (QED) is 0.525. The van der Waals surface area contributed by atoms with Crippen molar-refractivity contribution in [2.24, 2.45) is 0 Å². The largest absolute Gasteiger partial charge is 0.505 e. The van der Waals surface area contributed by atoms with E-state index >= 15 is 0 Å². The van der Waals surface area contributed by atoms with Gasteiger partial charge in [0.1, 0.15) is 28.5 Å². The lowest BCUT2D eigenvalue weighted by Gasteiger charge is -2.07. The second kappa shape index (κ2) is 6.89. The average molecular weight is 397 g/mol. The third-order valence-corrected chi connectivity index (χ3v) is 5.63. The molecule has 142 valence electrons. The number of fused-ring (bicyclic) bond motifs is 1. The fraction of sp³-hybridized carbons (Fsp3) is 0.111. The summed E-state index contributed by atoms with van der Waals surface area (Å²) in [6, 6.07) is 5.97. The summed E-state index contributed by atoms with van der Waals surface area (Å²) in [4.78, 5) is 19.5. The van der Waals surface area contributed by atoms with Crippen molar-refractivity contribution in [3.63, 3.8) is 0 Å². The number of ether oxygens (including phenoxy) is 1. The number of phenolic OH excluding ortho intramolecular Hbond substituents is 1. The zero-order valence-electron chi connectivity index (χ0n) is 14.7. The number of aromatic nitrogens is 5. The van der Waals surface area contributed by atoms with Gasteiger partial charge < -0.3 is 14.8 Å². The minimum absolute atomic E-state index is 0.0113. The number of pyridine rings is 1. The number of imidazole rings is 1. The molecule has 0 unspecified atom stereocenters. The Kier molecular flexibility index (Phi) is 4.40. The minimum atomic E-state index is -3.38. The molecule has 0 aliphatic heterocycles. The zero-order valence-corrected chi connectivity index (χ0v) is 15.5. The van der Waals surface area contributed by atoms with E-state index < -0.39 is 9.84 Å². The molecule has 28 heavy (non-hydrogen) atoms. The maximum atomic E-state index is 11.8. The highest BCUT2D eigenvalue weighted by Crippen LogP contribution is 2.32. The predicted molar refractivity (Wildman–Crippen MR) is 101 cm³/mol. The molecule has 0 bridgehead atoms. The van der Waals surface area contributed by atoms with Crippen LogP contribution < -0.4 is 4.74 Å². The molecule has 0 saturated heterocycles. The smallest absolute Gasteiger partial charge is 0.195 e. The Morgan fingerprint density at radius 2 is 1.96 bits per heavy atom. The molecule has 0 amide bonds. The topological polar surface area (TPSA) is 131 Å². The Labute approximate surface area is 160 Å². The van der Waals surface area contributed by atoms with Crippen molar-refractivity contribution in [1.82, 2.24) is 24.9 Å². The lowest BCUT2D eigenvalue weighted by molar-refractivity contribution is 0.458. The van der Waals surface area contributed by atoms with Crippen LogP contribution in [-0.2, 0) is 9.84 Å². The molecular weight excluding hydrogens is 382 g/mol. The van der Waals surface area contributed by atoms with Crippen LogP contribution in [0.2, 0.25) is 0 Å². The number of sulfone groups is 1. The summed E-state index contributed by atoms with van der Waals surface area (Å²) in [5.74, 6) is 1.04. The van der Waals surface area contributed by atoms with Gasteiger partial charge in [-0.05, 0) is 12.1 Å². The first-order valence-electron chi connectivity index (χ1n) is 8.32. The van der Waals surface area contributed by atoms with Crippen LogP contribution in [0.15, 0.2) is 54.1 Å². The minimum Gasteiger partial charge on any atom is -0.505 e. The van der Waals surface area contributed by atoms with Gasteiger partial charge in [0.2, 0.25) is 0 Å². The predicted octanol–water partition coefficient (Wildman–Crippen LogP) is 2.71. The Bertz CT molecular complexity index is 1240. The number of hydrogen-bond acceptors (Lipinski definition) is 8. The van der Waals surface area contributed by atoms with Crippen LogP contribution in [-0.4, -0.2) is 44.2 Å². The third kappa shape index (κ3) is 3.37. The van der Waals surface area contributed by atoms with Gasteiger partial charge in [0, 0.05) is 24.5 Å². The van der Waals surface area contributed by atoms with E-state index in [4.69, 9.17) is 4.74 Å². The van der Waals surface area contributed by atoms with Crippen LogP contribution in [0.25, 0.3) is 22.6 Å². The fourth-order valence-corrected chi connectivity index (χ4v) is 3.35. The Morgan fingerprint density at radius 3 is 2.64 bits per heavy atom. The molecule has 0 fully saturated rings. The van der Waals surface area contributed by atoms with Gasteiger partial charge in [0.15, 0.2) is 20.7 Å². The molecule has 0 aliphatic carbocycles. The monoisotopic (exact) mass is 397 g/mol. The van der Waals surface area contributed by atoms with E-state index in [1.807, 2.05) is 0 Å². The number of rotatable bonds is 5. The number of nitrogens with zero attached hydrogens (tertiary/aromatic N) is 4. The molecule has 0 spiro atoms. The van der Waals surface area contributed by atoms with Crippen LogP contribution >= 0.6 is 0 Å². The molecule has 4 rings (SSSR count). The Morgan fingerprint density at radius 1 is 1.11 bits per heavy atom. The summed E-state index contributed by atoms with van der Waals surface area (Å²) in [5, 5.41) is 10.3. The van der Waals surface area contributed by atoms with Crippen molar-refractivity contribution in [2.45, 2.75) is 11.9 Å². The van der Waals surface area contributed by atoms with E-state index in [-0.39, 0.29) is 16.5 Å². The van der Waals surface area contributed by atoms with Gasteiger partial charge in [-0.1, -0.05) is 6.92 Å². The fourth-order valence-electron chi connectivity index (χ4n) is 2.57. The van der Waals surface area contributed by atoms with Crippen LogP contribution in [0.3, 0.4) is 0 Å². The van der Waals surface area contributed by atoms with E-state index in [0.29, 0.717) is 34.1 Å². The van der Waals surface area contributed by atoms with Crippen LogP contribution in [0.4, 0.5) is 0 Å². The summed E-state index contributed by atoms with van der Waals surface area (Å²) in [5.41, 5.74) is 1.46. The lowest BCUT2D eigenvalue weighted by atomic mass is 10.3. The van der Waals surface area contributed by atoms with Crippen molar-refractivity contribution in [3.8, 4) is 28.8 Å². The maximum Gasteiger partial charge on any atom is 0.195 e. The molecule has 3 heterocycles. The average Bonchev–Trinajstić information content (AvgIpc) is 3.14.